The van der Waals surface area contributed by atoms with Crippen molar-refractivity contribution in [2.24, 2.45) is 7.05 Å². The summed E-state index contributed by atoms with van der Waals surface area (Å²) < 4.78 is 1.89. The molecule has 0 spiro atoms. The maximum absolute atomic E-state index is 3.78. The third-order valence-electron chi connectivity index (χ3n) is 1.40. The summed E-state index contributed by atoms with van der Waals surface area (Å²) in [6, 6.07) is 0. The van der Waals surface area contributed by atoms with E-state index in [4.69, 9.17) is 0 Å². The molecule has 0 aliphatic heterocycles. The molecule has 3 N–H and O–H groups in total. The van der Waals surface area contributed by atoms with Crippen LogP contribution in [0.15, 0.2) is 18.7 Å². The van der Waals surface area contributed by atoms with Crippen molar-refractivity contribution < 1.29 is 32.7 Å². The standard InChI is InChI=1S/C5H11N.C4H6N2.3C2H6.CH4.H3N.Y/c1-4-6(3)5-2;1-6-3-2-5-4-6;3*1-2;;;/h1-2,4-5H2,3H3;2-4H,1H3;3*1-2H3;1H4;1H3;/q-2;;;;;;;. The topological polar surface area (TPSA) is 56.1 Å². The van der Waals surface area contributed by atoms with Crippen molar-refractivity contribution in [3.05, 3.63) is 32.6 Å². The molecule has 1 rings (SSSR count). The Hall–Kier alpha value is 0.234. The number of rotatable bonds is 2. The van der Waals surface area contributed by atoms with Gasteiger partial charge in [-0.2, -0.15) is 0 Å². The van der Waals surface area contributed by atoms with Crippen LogP contribution >= 0.6 is 0 Å². The van der Waals surface area contributed by atoms with Gasteiger partial charge in [-0.15, -0.1) is 13.1 Å². The molecular weight excluding hydrogens is 337 g/mol. The Labute approximate surface area is 161 Å². The molecule has 0 aromatic carbocycles. The molecule has 21 heavy (non-hydrogen) atoms. The van der Waals surface area contributed by atoms with Gasteiger partial charge in [0, 0.05) is 52.2 Å². The van der Waals surface area contributed by atoms with E-state index in [1.165, 1.54) is 0 Å². The smallest absolute Gasteiger partial charge is 0.0943 e. The van der Waals surface area contributed by atoms with Crippen molar-refractivity contribution in [1.82, 2.24) is 20.6 Å². The van der Waals surface area contributed by atoms with E-state index in [0.717, 1.165) is 13.1 Å². The van der Waals surface area contributed by atoms with Crippen LogP contribution in [0.2, 0.25) is 0 Å². The third kappa shape index (κ3) is 53.3. The molecular formula is C16H42N4Y-2. The molecule has 5 heteroatoms. The van der Waals surface area contributed by atoms with E-state index in [-0.39, 0.29) is 46.3 Å². The third-order valence-corrected chi connectivity index (χ3v) is 1.40. The molecule has 1 heterocycles. The average Bonchev–Trinajstić information content (AvgIpc) is 2.96. The van der Waals surface area contributed by atoms with E-state index in [9.17, 15) is 0 Å². The number of imidazole rings is 1. The first-order valence-electron chi connectivity index (χ1n) is 6.89. The molecule has 1 aromatic rings. The van der Waals surface area contributed by atoms with E-state index in [2.05, 4.69) is 18.8 Å². The Kier molecular flexibility index (Phi) is 102. The monoisotopic (exact) mass is 379 g/mol. The fourth-order valence-corrected chi connectivity index (χ4v) is 0.438. The van der Waals surface area contributed by atoms with Gasteiger partial charge in [0.05, 0.1) is 6.33 Å². The zero-order chi connectivity index (χ0) is 15.4. The van der Waals surface area contributed by atoms with E-state index in [1.807, 2.05) is 71.3 Å². The SMILES string of the molecule is C.CC.CC.CC.Cn1ccnc1.N.[CH2-]CN(C)C[CH2-].[Y]. The molecule has 1 aromatic heterocycles. The van der Waals surface area contributed by atoms with Gasteiger partial charge in [0.25, 0.3) is 0 Å². The molecule has 4 nitrogen and oxygen atoms in total. The van der Waals surface area contributed by atoms with Crippen molar-refractivity contribution in [2.75, 3.05) is 20.1 Å². The number of hydrogen-bond acceptors (Lipinski definition) is 3. The molecule has 0 atom stereocenters. The van der Waals surface area contributed by atoms with Crippen molar-refractivity contribution >= 4 is 0 Å². The molecule has 0 aliphatic carbocycles. The van der Waals surface area contributed by atoms with E-state index in [0.29, 0.717) is 0 Å². The van der Waals surface area contributed by atoms with Gasteiger partial charge in [0.15, 0.2) is 0 Å². The average molecular weight is 379 g/mol. The number of aryl methyl sites for hydroxylation is 1. The van der Waals surface area contributed by atoms with Gasteiger partial charge in [0.1, 0.15) is 0 Å². The second-order valence-electron chi connectivity index (χ2n) is 2.53. The van der Waals surface area contributed by atoms with Crippen LogP contribution in [-0.4, -0.2) is 34.6 Å². The summed E-state index contributed by atoms with van der Waals surface area (Å²) in [6.07, 6.45) is 5.39. The van der Waals surface area contributed by atoms with Crippen molar-refractivity contribution in [2.45, 2.75) is 49.0 Å². The summed E-state index contributed by atoms with van der Waals surface area (Å²) in [5.74, 6) is 0. The molecule has 0 amide bonds. The fourth-order valence-electron chi connectivity index (χ4n) is 0.438. The molecule has 1 radical (unpaired) electrons. The Morgan fingerprint density at radius 3 is 1.38 bits per heavy atom. The van der Waals surface area contributed by atoms with Crippen molar-refractivity contribution in [3.8, 4) is 0 Å². The van der Waals surface area contributed by atoms with E-state index < -0.39 is 0 Å². The zero-order valence-corrected chi connectivity index (χ0v) is 18.0. The molecule has 0 aliphatic rings. The van der Waals surface area contributed by atoms with Crippen LogP contribution in [0.25, 0.3) is 0 Å². The summed E-state index contributed by atoms with van der Waals surface area (Å²) >= 11 is 0. The predicted octanol–water partition coefficient (Wildman–Crippen LogP) is 4.88. The van der Waals surface area contributed by atoms with Crippen LogP contribution in [0.4, 0.5) is 0 Å². The first-order chi connectivity index (χ1) is 8.70. The van der Waals surface area contributed by atoms with Crippen LogP contribution in [-0.2, 0) is 39.8 Å². The first-order valence-corrected chi connectivity index (χ1v) is 6.89. The Morgan fingerprint density at radius 2 is 1.33 bits per heavy atom. The molecule has 0 fully saturated rings. The Bertz CT molecular complexity index is 176. The minimum Gasteiger partial charge on any atom is -0.365 e. The normalized spacial score (nSPS) is 6.24. The second kappa shape index (κ2) is 50.0. The van der Waals surface area contributed by atoms with Gasteiger partial charge in [0.2, 0.25) is 0 Å². The summed E-state index contributed by atoms with van der Waals surface area (Å²) in [7, 11) is 3.92. The Morgan fingerprint density at radius 1 is 1.00 bits per heavy atom. The van der Waals surface area contributed by atoms with Gasteiger partial charge in [-0.1, -0.05) is 49.0 Å². The molecule has 0 unspecified atom stereocenters. The van der Waals surface area contributed by atoms with Crippen LogP contribution in [0, 0.1) is 13.8 Å². The van der Waals surface area contributed by atoms with Crippen LogP contribution in [0.5, 0.6) is 0 Å². The van der Waals surface area contributed by atoms with Crippen molar-refractivity contribution in [3.63, 3.8) is 0 Å². The van der Waals surface area contributed by atoms with Crippen LogP contribution in [0.3, 0.4) is 0 Å². The minimum atomic E-state index is 0. The minimum absolute atomic E-state index is 0. The van der Waals surface area contributed by atoms with Crippen LogP contribution < -0.4 is 6.15 Å². The van der Waals surface area contributed by atoms with E-state index in [1.54, 1.807) is 12.5 Å². The van der Waals surface area contributed by atoms with Gasteiger partial charge in [-0.05, 0) is 7.05 Å². The van der Waals surface area contributed by atoms with Crippen LogP contribution in [0.1, 0.15) is 49.0 Å². The number of hydrogen-bond donors (Lipinski definition) is 1. The summed E-state index contributed by atoms with van der Waals surface area (Å²) in [5, 5.41) is 0. The zero-order valence-electron chi connectivity index (χ0n) is 15.2. The van der Waals surface area contributed by atoms with Gasteiger partial charge >= 0.3 is 0 Å². The predicted molar refractivity (Wildman–Crippen MR) is 97.2 cm³/mol. The van der Waals surface area contributed by atoms with Gasteiger partial charge in [-0.25, -0.2) is 4.98 Å². The molecule has 0 bridgehead atoms. The molecule has 131 valence electrons. The quantitative estimate of drug-likeness (QED) is 0.745. The number of aromatic nitrogens is 2. The maximum atomic E-state index is 3.78. The molecule has 0 saturated carbocycles. The second-order valence-corrected chi connectivity index (χ2v) is 2.53. The molecule has 0 saturated heterocycles. The summed E-state index contributed by atoms with van der Waals surface area (Å²) in [5.41, 5.74) is 0. The summed E-state index contributed by atoms with van der Waals surface area (Å²) in [4.78, 5) is 5.81. The van der Waals surface area contributed by atoms with Crippen molar-refractivity contribution in [1.29, 1.82) is 0 Å². The maximum Gasteiger partial charge on any atom is 0.0943 e. The number of nitrogens with zero attached hydrogens (tertiary/aromatic N) is 3. The Balaban J connectivity index is -0.0000000250. The van der Waals surface area contributed by atoms with Gasteiger partial charge in [-0.3, -0.25) is 0 Å². The summed E-state index contributed by atoms with van der Waals surface area (Å²) in [6.45, 7) is 21.0. The first kappa shape index (κ1) is 42.9. The fraction of sp³-hybridized carbons (Fsp3) is 0.688. The van der Waals surface area contributed by atoms with Gasteiger partial charge < -0.3 is 29.5 Å². The largest absolute Gasteiger partial charge is 0.365 e. The van der Waals surface area contributed by atoms with E-state index >= 15 is 0 Å².